The summed E-state index contributed by atoms with van der Waals surface area (Å²) in [6.07, 6.45) is 2.91. The zero-order chi connectivity index (χ0) is 14.9. The van der Waals surface area contributed by atoms with Gasteiger partial charge in [-0.1, -0.05) is 12.5 Å². The zero-order valence-electron chi connectivity index (χ0n) is 12.6. The van der Waals surface area contributed by atoms with Gasteiger partial charge >= 0.3 is 0 Å². The Morgan fingerprint density at radius 2 is 1.80 bits per heavy atom. The molecule has 0 amide bonds. The van der Waals surface area contributed by atoms with E-state index in [1.165, 1.54) is 7.11 Å². The zero-order valence-corrected chi connectivity index (χ0v) is 13.4. The lowest BCUT2D eigenvalue weighted by molar-refractivity contribution is 0.203. The number of piperidine rings is 1. The fourth-order valence-electron chi connectivity index (χ4n) is 2.97. The van der Waals surface area contributed by atoms with E-state index in [1.54, 1.807) is 16.4 Å². The molecule has 1 aromatic carbocycles. The Labute approximate surface area is 121 Å². The Bertz CT molecular complexity index is 573. The summed E-state index contributed by atoms with van der Waals surface area (Å²) in [5, 5.41) is 0. The monoisotopic (exact) mass is 297 g/mol. The van der Waals surface area contributed by atoms with E-state index in [2.05, 4.69) is 0 Å². The molecule has 0 aromatic heterocycles. The van der Waals surface area contributed by atoms with Gasteiger partial charge in [0.2, 0.25) is 10.0 Å². The maximum absolute atomic E-state index is 13.0. The molecule has 4 nitrogen and oxygen atoms in total. The molecule has 1 aliphatic rings. The van der Waals surface area contributed by atoms with Crippen LogP contribution < -0.4 is 4.74 Å². The maximum Gasteiger partial charge on any atom is 0.247 e. The van der Waals surface area contributed by atoms with Gasteiger partial charge in [-0.3, -0.25) is 0 Å². The Kier molecular flexibility index (Phi) is 4.39. The summed E-state index contributed by atoms with van der Waals surface area (Å²) in [5.41, 5.74) is 0.918. The van der Waals surface area contributed by atoms with Gasteiger partial charge in [-0.05, 0) is 51.3 Å². The van der Waals surface area contributed by atoms with Gasteiger partial charge in [-0.25, -0.2) is 8.42 Å². The van der Waals surface area contributed by atoms with Crippen LogP contribution in [0.1, 0.15) is 38.7 Å². The number of sulfonamides is 1. The SMILES string of the molecule is COc1ccc(C)cc1S(=O)(=O)N1C(C)CCCC1C. The molecule has 0 bridgehead atoms. The number of ether oxygens (including phenoxy) is 1. The van der Waals surface area contributed by atoms with Gasteiger partial charge in [0.1, 0.15) is 10.6 Å². The van der Waals surface area contributed by atoms with E-state index in [4.69, 9.17) is 4.74 Å². The van der Waals surface area contributed by atoms with Crippen molar-refractivity contribution in [3.63, 3.8) is 0 Å². The Hall–Kier alpha value is -1.07. The van der Waals surface area contributed by atoms with Crippen LogP contribution in [0, 0.1) is 6.92 Å². The lowest BCUT2D eigenvalue weighted by Crippen LogP contribution is -2.47. The van der Waals surface area contributed by atoms with Crippen molar-refractivity contribution in [3.8, 4) is 5.75 Å². The normalized spacial score (nSPS) is 24.6. The first-order valence-corrected chi connectivity index (χ1v) is 8.50. The first-order valence-electron chi connectivity index (χ1n) is 7.06. The Morgan fingerprint density at radius 3 is 2.35 bits per heavy atom. The third-order valence-electron chi connectivity index (χ3n) is 3.99. The summed E-state index contributed by atoms with van der Waals surface area (Å²) in [6, 6.07) is 5.35. The highest BCUT2D eigenvalue weighted by molar-refractivity contribution is 7.89. The Balaban J connectivity index is 2.51. The molecule has 0 N–H and O–H groups in total. The van der Waals surface area contributed by atoms with E-state index < -0.39 is 10.0 Å². The first-order chi connectivity index (χ1) is 9.37. The predicted octanol–water partition coefficient (Wildman–Crippen LogP) is 2.96. The fourth-order valence-corrected chi connectivity index (χ4v) is 5.10. The lowest BCUT2D eigenvalue weighted by Gasteiger charge is -2.37. The standard InChI is InChI=1S/C15H23NO3S/c1-11-8-9-14(19-4)15(10-11)20(17,18)16-12(2)6-5-7-13(16)3/h8-10,12-13H,5-7H2,1-4H3. The van der Waals surface area contributed by atoms with E-state index in [1.807, 2.05) is 26.8 Å². The Morgan fingerprint density at radius 1 is 1.20 bits per heavy atom. The molecule has 112 valence electrons. The van der Waals surface area contributed by atoms with Crippen LogP contribution >= 0.6 is 0 Å². The number of aryl methyl sites for hydroxylation is 1. The van der Waals surface area contributed by atoms with E-state index in [-0.39, 0.29) is 17.0 Å². The number of rotatable bonds is 3. The van der Waals surface area contributed by atoms with Crippen molar-refractivity contribution in [1.29, 1.82) is 0 Å². The summed E-state index contributed by atoms with van der Waals surface area (Å²) >= 11 is 0. The van der Waals surface area contributed by atoms with Gasteiger partial charge in [-0.2, -0.15) is 4.31 Å². The summed E-state index contributed by atoms with van der Waals surface area (Å²) in [7, 11) is -2.01. The van der Waals surface area contributed by atoms with E-state index in [0.717, 1.165) is 24.8 Å². The molecule has 1 heterocycles. The minimum atomic E-state index is -3.52. The molecule has 0 aliphatic carbocycles. The fraction of sp³-hybridized carbons (Fsp3) is 0.600. The van der Waals surface area contributed by atoms with Gasteiger partial charge in [-0.15, -0.1) is 0 Å². The molecule has 1 aliphatic heterocycles. The smallest absolute Gasteiger partial charge is 0.247 e. The molecule has 0 saturated carbocycles. The third kappa shape index (κ3) is 2.69. The molecule has 1 saturated heterocycles. The van der Waals surface area contributed by atoms with Gasteiger partial charge in [0.15, 0.2) is 0 Å². The lowest BCUT2D eigenvalue weighted by atomic mass is 10.0. The van der Waals surface area contributed by atoms with Gasteiger partial charge in [0, 0.05) is 12.1 Å². The molecule has 20 heavy (non-hydrogen) atoms. The highest BCUT2D eigenvalue weighted by atomic mass is 32.2. The number of nitrogens with zero attached hydrogens (tertiary/aromatic N) is 1. The van der Waals surface area contributed by atoms with Crippen LogP contribution in [0.5, 0.6) is 5.75 Å². The number of methoxy groups -OCH3 is 1. The van der Waals surface area contributed by atoms with Crippen molar-refractivity contribution in [1.82, 2.24) is 4.31 Å². The summed E-state index contributed by atoms with van der Waals surface area (Å²) < 4.78 is 32.9. The summed E-state index contributed by atoms with van der Waals surface area (Å²) in [5.74, 6) is 0.417. The molecule has 0 spiro atoms. The van der Waals surface area contributed by atoms with Crippen LogP contribution in [-0.2, 0) is 10.0 Å². The van der Waals surface area contributed by atoms with Crippen molar-refractivity contribution in [2.75, 3.05) is 7.11 Å². The van der Waals surface area contributed by atoms with E-state index in [9.17, 15) is 8.42 Å². The van der Waals surface area contributed by atoms with Crippen LogP contribution in [-0.4, -0.2) is 31.9 Å². The van der Waals surface area contributed by atoms with E-state index in [0.29, 0.717) is 5.75 Å². The minimum Gasteiger partial charge on any atom is -0.495 e. The van der Waals surface area contributed by atoms with Gasteiger partial charge in [0.05, 0.1) is 7.11 Å². The van der Waals surface area contributed by atoms with Gasteiger partial charge < -0.3 is 4.74 Å². The van der Waals surface area contributed by atoms with Crippen LogP contribution in [0.3, 0.4) is 0 Å². The molecular weight excluding hydrogens is 274 g/mol. The molecular formula is C15H23NO3S. The second kappa shape index (κ2) is 5.74. The van der Waals surface area contributed by atoms with Crippen molar-refractivity contribution in [2.24, 2.45) is 0 Å². The highest BCUT2D eigenvalue weighted by Gasteiger charge is 2.37. The second-order valence-corrected chi connectivity index (χ2v) is 7.43. The third-order valence-corrected chi connectivity index (χ3v) is 6.14. The van der Waals surface area contributed by atoms with Crippen LogP contribution in [0.25, 0.3) is 0 Å². The van der Waals surface area contributed by atoms with Gasteiger partial charge in [0.25, 0.3) is 0 Å². The number of benzene rings is 1. The largest absolute Gasteiger partial charge is 0.495 e. The average molecular weight is 297 g/mol. The minimum absolute atomic E-state index is 0.0361. The number of hydrogen-bond donors (Lipinski definition) is 0. The summed E-state index contributed by atoms with van der Waals surface area (Å²) in [6.45, 7) is 5.85. The molecule has 0 radical (unpaired) electrons. The van der Waals surface area contributed by atoms with Crippen LogP contribution in [0.15, 0.2) is 23.1 Å². The molecule has 2 rings (SSSR count). The molecule has 5 heteroatoms. The quantitative estimate of drug-likeness (QED) is 0.861. The van der Waals surface area contributed by atoms with Crippen LogP contribution in [0.4, 0.5) is 0 Å². The van der Waals surface area contributed by atoms with Crippen molar-refractivity contribution in [2.45, 2.75) is 57.0 Å². The maximum atomic E-state index is 13.0. The molecule has 2 atom stereocenters. The summed E-state index contributed by atoms with van der Waals surface area (Å²) in [4.78, 5) is 0.278. The van der Waals surface area contributed by atoms with E-state index >= 15 is 0 Å². The van der Waals surface area contributed by atoms with Crippen molar-refractivity contribution in [3.05, 3.63) is 23.8 Å². The second-order valence-electron chi connectivity index (χ2n) is 5.62. The van der Waals surface area contributed by atoms with Crippen molar-refractivity contribution < 1.29 is 13.2 Å². The highest BCUT2D eigenvalue weighted by Crippen LogP contribution is 2.33. The predicted molar refractivity (Wildman–Crippen MR) is 79.5 cm³/mol. The number of hydrogen-bond acceptors (Lipinski definition) is 3. The first kappa shape index (κ1) is 15.3. The molecule has 1 aromatic rings. The topological polar surface area (TPSA) is 46.6 Å². The van der Waals surface area contributed by atoms with Crippen molar-refractivity contribution >= 4 is 10.0 Å². The van der Waals surface area contributed by atoms with Crippen LogP contribution in [0.2, 0.25) is 0 Å². The molecule has 1 fully saturated rings. The average Bonchev–Trinajstić information content (AvgIpc) is 2.38. The molecule has 2 unspecified atom stereocenters.